The van der Waals surface area contributed by atoms with Crippen molar-refractivity contribution in [3.63, 3.8) is 0 Å². The molecular weight excluding hydrogens is 300 g/mol. The number of nitrogens with zero attached hydrogens (tertiary/aromatic N) is 1. The topological polar surface area (TPSA) is 3.24 Å². The summed E-state index contributed by atoms with van der Waals surface area (Å²) < 4.78 is 26.5. The second-order valence-electron chi connectivity index (χ2n) is 4.07. The standard InChI is InChI=1S/C14H12BrF2N/c1-18(13-6-4-11(16)5-7-13)9-10-2-3-12(17)8-14(10)15/h2-8H,9H2,1H3. The van der Waals surface area contributed by atoms with E-state index in [9.17, 15) is 8.78 Å². The molecule has 0 unspecified atom stereocenters. The van der Waals surface area contributed by atoms with Crippen molar-refractivity contribution in [2.24, 2.45) is 0 Å². The van der Waals surface area contributed by atoms with Gasteiger partial charge in [-0.1, -0.05) is 22.0 Å². The molecule has 0 bridgehead atoms. The van der Waals surface area contributed by atoms with Crippen molar-refractivity contribution in [1.82, 2.24) is 0 Å². The van der Waals surface area contributed by atoms with Crippen LogP contribution in [0.4, 0.5) is 14.5 Å². The molecule has 2 aromatic carbocycles. The third-order valence-electron chi connectivity index (χ3n) is 2.69. The maximum atomic E-state index is 13.0. The molecule has 0 amide bonds. The molecule has 0 N–H and O–H groups in total. The smallest absolute Gasteiger partial charge is 0.124 e. The Morgan fingerprint density at radius 2 is 1.61 bits per heavy atom. The average molecular weight is 312 g/mol. The minimum atomic E-state index is -0.268. The fraction of sp³-hybridized carbons (Fsp3) is 0.143. The van der Waals surface area contributed by atoms with Crippen LogP contribution in [0, 0.1) is 11.6 Å². The average Bonchev–Trinajstić information content (AvgIpc) is 2.33. The molecule has 0 aliphatic carbocycles. The van der Waals surface area contributed by atoms with E-state index >= 15 is 0 Å². The Labute approximate surface area is 113 Å². The first-order chi connectivity index (χ1) is 8.56. The van der Waals surface area contributed by atoms with Crippen molar-refractivity contribution in [2.45, 2.75) is 6.54 Å². The van der Waals surface area contributed by atoms with Crippen molar-refractivity contribution in [3.8, 4) is 0 Å². The Morgan fingerprint density at radius 1 is 1.00 bits per heavy atom. The molecule has 0 heterocycles. The summed E-state index contributed by atoms with van der Waals surface area (Å²) in [5.74, 6) is -0.523. The van der Waals surface area contributed by atoms with Crippen molar-refractivity contribution < 1.29 is 8.78 Å². The van der Waals surface area contributed by atoms with Gasteiger partial charge >= 0.3 is 0 Å². The number of halogens is 3. The lowest BCUT2D eigenvalue weighted by atomic mass is 10.2. The summed E-state index contributed by atoms with van der Waals surface area (Å²) in [4.78, 5) is 1.97. The van der Waals surface area contributed by atoms with Gasteiger partial charge in [-0.05, 0) is 42.0 Å². The molecule has 2 aromatic rings. The van der Waals surface area contributed by atoms with E-state index in [1.807, 2.05) is 11.9 Å². The van der Waals surface area contributed by atoms with Crippen LogP contribution in [0.15, 0.2) is 46.9 Å². The maximum Gasteiger partial charge on any atom is 0.124 e. The predicted octanol–water partition coefficient (Wildman–Crippen LogP) is 4.36. The lowest BCUT2D eigenvalue weighted by Gasteiger charge is -2.20. The molecule has 94 valence electrons. The van der Waals surface area contributed by atoms with E-state index in [1.165, 1.54) is 24.3 Å². The Balaban J connectivity index is 2.15. The van der Waals surface area contributed by atoms with Crippen LogP contribution in [-0.4, -0.2) is 7.05 Å². The minimum Gasteiger partial charge on any atom is -0.370 e. The molecule has 2 rings (SSSR count). The molecule has 0 aromatic heterocycles. The Hall–Kier alpha value is -1.42. The summed E-state index contributed by atoms with van der Waals surface area (Å²) in [7, 11) is 1.91. The molecular formula is C14H12BrF2N. The van der Waals surface area contributed by atoms with Gasteiger partial charge in [0.05, 0.1) is 0 Å². The number of rotatable bonds is 3. The molecule has 0 saturated heterocycles. The van der Waals surface area contributed by atoms with E-state index in [-0.39, 0.29) is 11.6 Å². The first-order valence-corrected chi connectivity index (χ1v) is 6.26. The van der Waals surface area contributed by atoms with Crippen LogP contribution >= 0.6 is 15.9 Å². The second-order valence-corrected chi connectivity index (χ2v) is 4.92. The molecule has 0 saturated carbocycles. The molecule has 0 fully saturated rings. The highest BCUT2D eigenvalue weighted by Crippen LogP contribution is 2.22. The fourth-order valence-electron chi connectivity index (χ4n) is 1.69. The Morgan fingerprint density at radius 3 is 2.22 bits per heavy atom. The lowest BCUT2D eigenvalue weighted by Crippen LogP contribution is -2.16. The van der Waals surface area contributed by atoms with Crippen LogP contribution < -0.4 is 4.90 Å². The molecule has 0 spiro atoms. The van der Waals surface area contributed by atoms with Crippen LogP contribution in [0.5, 0.6) is 0 Å². The summed E-state index contributed by atoms with van der Waals surface area (Å²) >= 11 is 3.33. The number of hydrogen-bond donors (Lipinski definition) is 0. The zero-order valence-electron chi connectivity index (χ0n) is 9.83. The molecule has 18 heavy (non-hydrogen) atoms. The van der Waals surface area contributed by atoms with E-state index in [1.54, 1.807) is 18.2 Å². The van der Waals surface area contributed by atoms with E-state index in [2.05, 4.69) is 15.9 Å². The highest BCUT2D eigenvalue weighted by atomic mass is 79.9. The van der Waals surface area contributed by atoms with Gasteiger partial charge in [0.2, 0.25) is 0 Å². The normalized spacial score (nSPS) is 10.4. The quantitative estimate of drug-likeness (QED) is 0.814. The summed E-state index contributed by atoms with van der Waals surface area (Å²) in [6.45, 7) is 0.618. The summed E-state index contributed by atoms with van der Waals surface area (Å²) in [5.41, 5.74) is 1.89. The van der Waals surface area contributed by atoms with Gasteiger partial charge in [0, 0.05) is 23.8 Å². The van der Waals surface area contributed by atoms with Gasteiger partial charge in [-0.3, -0.25) is 0 Å². The van der Waals surface area contributed by atoms with Crippen LogP contribution in [0.1, 0.15) is 5.56 Å². The molecule has 0 aliphatic rings. The molecule has 4 heteroatoms. The van der Waals surface area contributed by atoms with Crippen LogP contribution in [0.2, 0.25) is 0 Å². The van der Waals surface area contributed by atoms with Gasteiger partial charge in [-0.2, -0.15) is 0 Å². The molecule has 0 aliphatic heterocycles. The minimum absolute atomic E-state index is 0.255. The van der Waals surface area contributed by atoms with E-state index in [0.717, 1.165) is 15.7 Å². The lowest BCUT2D eigenvalue weighted by molar-refractivity contribution is 0.625. The predicted molar refractivity (Wildman–Crippen MR) is 72.6 cm³/mol. The third-order valence-corrected chi connectivity index (χ3v) is 3.43. The summed E-state index contributed by atoms with van der Waals surface area (Å²) in [6, 6.07) is 10.9. The van der Waals surface area contributed by atoms with Crippen molar-refractivity contribution in [2.75, 3.05) is 11.9 Å². The summed E-state index contributed by atoms with van der Waals surface area (Å²) in [5, 5.41) is 0. The highest BCUT2D eigenvalue weighted by Gasteiger charge is 2.06. The monoisotopic (exact) mass is 311 g/mol. The van der Waals surface area contributed by atoms with Crippen molar-refractivity contribution in [1.29, 1.82) is 0 Å². The van der Waals surface area contributed by atoms with E-state index < -0.39 is 0 Å². The van der Waals surface area contributed by atoms with Crippen molar-refractivity contribution in [3.05, 3.63) is 64.1 Å². The maximum absolute atomic E-state index is 13.0. The number of benzene rings is 2. The van der Waals surface area contributed by atoms with Gasteiger partial charge in [0.15, 0.2) is 0 Å². The van der Waals surface area contributed by atoms with Crippen LogP contribution in [0.3, 0.4) is 0 Å². The SMILES string of the molecule is CN(Cc1ccc(F)cc1Br)c1ccc(F)cc1. The summed E-state index contributed by atoms with van der Waals surface area (Å²) in [6.07, 6.45) is 0. The zero-order valence-corrected chi connectivity index (χ0v) is 11.4. The van der Waals surface area contributed by atoms with Gasteiger partial charge in [-0.25, -0.2) is 8.78 Å². The second kappa shape index (κ2) is 5.48. The molecule has 0 radical (unpaired) electrons. The third kappa shape index (κ3) is 3.07. The van der Waals surface area contributed by atoms with Gasteiger partial charge < -0.3 is 4.90 Å². The Bertz CT molecular complexity index is 540. The van der Waals surface area contributed by atoms with E-state index in [0.29, 0.717) is 6.54 Å². The van der Waals surface area contributed by atoms with Crippen molar-refractivity contribution >= 4 is 21.6 Å². The number of anilines is 1. The Kier molecular flexibility index (Phi) is 3.97. The molecule has 1 nitrogen and oxygen atoms in total. The van der Waals surface area contributed by atoms with Gasteiger partial charge in [0.1, 0.15) is 11.6 Å². The first-order valence-electron chi connectivity index (χ1n) is 5.47. The van der Waals surface area contributed by atoms with Crippen LogP contribution in [-0.2, 0) is 6.54 Å². The zero-order chi connectivity index (χ0) is 13.1. The van der Waals surface area contributed by atoms with Crippen LogP contribution in [0.25, 0.3) is 0 Å². The first kappa shape index (κ1) is 13.0. The van der Waals surface area contributed by atoms with Gasteiger partial charge in [-0.15, -0.1) is 0 Å². The largest absolute Gasteiger partial charge is 0.370 e. The highest BCUT2D eigenvalue weighted by molar-refractivity contribution is 9.10. The number of hydrogen-bond acceptors (Lipinski definition) is 1. The fourth-order valence-corrected chi connectivity index (χ4v) is 2.17. The van der Waals surface area contributed by atoms with Gasteiger partial charge in [0.25, 0.3) is 0 Å². The molecule has 0 atom stereocenters. The van der Waals surface area contributed by atoms with E-state index in [4.69, 9.17) is 0 Å².